The van der Waals surface area contributed by atoms with Crippen LogP contribution in [0.15, 0.2) is 54.6 Å². The van der Waals surface area contributed by atoms with Crippen LogP contribution in [-0.2, 0) is 6.54 Å². The number of rotatable bonds is 5. The number of anilines is 3. The summed E-state index contributed by atoms with van der Waals surface area (Å²) in [6, 6.07) is 17.0. The molecular weight excluding hydrogens is 343 g/mol. The van der Waals surface area contributed by atoms with Crippen molar-refractivity contribution >= 4 is 40.7 Å². The lowest BCUT2D eigenvalue weighted by Gasteiger charge is -2.10. The minimum atomic E-state index is 0.564. The van der Waals surface area contributed by atoms with Crippen LogP contribution in [0.2, 0.25) is 10.0 Å². The van der Waals surface area contributed by atoms with Gasteiger partial charge in [-0.15, -0.1) is 0 Å². The lowest BCUT2D eigenvalue weighted by molar-refractivity contribution is 1.03. The van der Waals surface area contributed by atoms with Gasteiger partial charge >= 0.3 is 0 Å². The van der Waals surface area contributed by atoms with Gasteiger partial charge in [-0.1, -0.05) is 41.4 Å². The summed E-state index contributed by atoms with van der Waals surface area (Å²) in [7, 11) is 0. The van der Waals surface area contributed by atoms with E-state index in [-0.39, 0.29) is 0 Å². The highest BCUT2D eigenvalue weighted by Gasteiger charge is 2.04. The van der Waals surface area contributed by atoms with Gasteiger partial charge in [0, 0.05) is 34.0 Å². The minimum absolute atomic E-state index is 0.564. The van der Waals surface area contributed by atoms with Crippen molar-refractivity contribution in [2.75, 3.05) is 10.6 Å². The van der Waals surface area contributed by atoms with Gasteiger partial charge in [0.2, 0.25) is 5.95 Å². The summed E-state index contributed by atoms with van der Waals surface area (Å²) in [6.07, 6.45) is 0. The molecule has 0 aliphatic carbocycles. The molecule has 6 heteroatoms. The van der Waals surface area contributed by atoms with Crippen molar-refractivity contribution < 1.29 is 0 Å². The summed E-state index contributed by atoms with van der Waals surface area (Å²) in [6.45, 7) is 2.55. The highest BCUT2D eigenvalue weighted by atomic mass is 35.5. The number of hydrogen-bond acceptors (Lipinski definition) is 4. The fraction of sp³-hybridized carbons (Fsp3) is 0.111. The van der Waals surface area contributed by atoms with Crippen molar-refractivity contribution in [1.82, 2.24) is 9.97 Å². The van der Waals surface area contributed by atoms with Crippen molar-refractivity contribution in [1.29, 1.82) is 0 Å². The molecule has 3 aromatic rings. The fourth-order valence-corrected chi connectivity index (χ4v) is 2.53. The number of nitrogens with zero attached hydrogens (tertiary/aromatic N) is 2. The molecule has 0 saturated carbocycles. The summed E-state index contributed by atoms with van der Waals surface area (Å²) < 4.78 is 0. The molecule has 0 bridgehead atoms. The molecule has 0 aliphatic heterocycles. The molecule has 4 nitrogen and oxygen atoms in total. The van der Waals surface area contributed by atoms with E-state index in [1.807, 2.05) is 61.5 Å². The third kappa shape index (κ3) is 4.60. The molecule has 3 rings (SSSR count). The van der Waals surface area contributed by atoms with Gasteiger partial charge in [-0.05, 0) is 42.8 Å². The van der Waals surface area contributed by atoms with Gasteiger partial charge in [0.15, 0.2) is 0 Å². The minimum Gasteiger partial charge on any atom is -0.350 e. The summed E-state index contributed by atoms with van der Waals surface area (Å²) in [5.74, 6) is 1.28. The first kappa shape index (κ1) is 16.6. The first-order valence-corrected chi connectivity index (χ1v) is 8.21. The zero-order chi connectivity index (χ0) is 16.9. The second kappa shape index (κ2) is 7.51. The molecular formula is C18H16Cl2N4. The van der Waals surface area contributed by atoms with E-state index in [1.54, 1.807) is 0 Å². The highest BCUT2D eigenvalue weighted by molar-refractivity contribution is 6.31. The molecule has 0 amide bonds. The van der Waals surface area contributed by atoms with Crippen LogP contribution in [0, 0.1) is 6.92 Å². The number of hydrogen-bond donors (Lipinski definition) is 2. The molecule has 1 aromatic heterocycles. The van der Waals surface area contributed by atoms with Crippen LogP contribution < -0.4 is 10.6 Å². The Morgan fingerprint density at radius 1 is 0.917 bits per heavy atom. The van der Waals surface area contributed by atoms with Crippen molar-refractivity contribution in [2.24, 2.45) is 0 Å². The van der Waals surface area contributed by atoms with E-state index in [2.05, 4.69) is 20.6 Å². The molecule has 2 N–H and O–H groups in total. The Hall–Kier alpha value is -2.30. The van der Waals surface area contributed by atoms with Crippen LogP contribution in [0.4, 0.5) is 17.5 Å². The van der Waals surface area contributed by atoms with E-state index in [9.17, 15) is 0 Å². The molecule has 0 aliphatic rings. The molecule has 0 radical (unpaired) electrons. The predicted molar refractivity (Wildman–Crippen MR) is 100 cm³/mol. The Bertz CT molecular complexity index is 835. The second-order valence-corrected chi connectivity index (χ2v) is 6.21. The maximum Gasteiger partial charge on any atom is 0.225 e. The Balaban J connectivity index is 1.72. The first-order valence-electron chi connectivity index (χ1n) is 7.45. The number of halogens is 2. The maximum atomic E-state index is 6.01. The zero-order valence-corrected chi connectivity index (χ0v) is 14.6. The average molecular weight is 359 g/mol. The van der Waals surface area contributed by atoms with E-state index < -0.39 is 0 Å². The summed E-state index contributed by atoms with van der Waals surface area (Å²) in [5.41, 5.74) is 2.85. The third-order valence-corrected chi connectivity index (χ3v) is 3.80. The summed E-state index contributed by atoms with van der Waals surface area (Å²) in [5, 5.41) is 7.86. The Kier molecular flexibility index (Phi) is 5.18. The van der Waals surface area contributed by atoms with Crippen LogP contribution >= 0.6 is 23.2 Å². The third-order valence-electron chi connectivity index (χ3n) is 3.32. The van der Waals surface area contributed by atoms with Gasteiger partial charge in [-0.2, -0.15) is 4.98 Å². The quantitative estimate of drug-likeness (QED) is 0.636. The first-order chi connectivity index (χ1) is 11.6. The van der Waals surface area contributed by atoms with Gasteiger partial charge in [-0.25, -0.2) is 4.98 Å². The molecule has 0 fully saturated rings. The normalized spacial score (nSPS) is 10.5. The van der Waals surface area contributed by atoms with E-state index in [1.165, 1.54) is 0 Å². The van der Waals surface area contributed by atoms with Crippen molar-refractivity contribution in [3.8, 4) is 0 Å². The lowest BCUT2D eigenvalue weighted by atomic mass is 10.2. The van der Waals surface area contributed by atoms with Gasteiger partial charge in [0.25, 0.3) is 0 Å². The standard InChI is InChI=1S/C18H16Cl2N4/c1-12-9-17(23-16-4-2-3-15(20)10-16)24-18(22-12)21-11-13-5-7-14(19)8-6-13/h2-10H,11H2,1H3,(H2,21,22,23,24). The molecule has 0 saturated heterocycles. The Morgan fingerprint density at radius 3 is 2.46 bits per heavy atom. The molecule has 0 atom stereocenters. The monoisotopic (exact) mass is 358 g/mol. The largest absolute Gasteiger partial charge is 0.350 e. The van der Waals surface area contributed by atoms with E-state index in [0.717, 1.165) is 22.0 Å². The molecule has 0 unspecified atom stereocenters. The van der Waals surface area contributed by atoms with Gasteiger partial charge in [0.05, 0.1) is 0 Å². The molecule has 122 valence electrons. The van der Waals surface area contributed by atoms with Crippen molar-refractivity contribution in [2.45, 2.75) is 13.5 Å². The molecule has 1 heterocycles. The van der Waals surface area contributed by atoms with Crippen molar-refractivity contribution in [3.05, 3.63) is 75.9 Å². The second-order valence-electron chi connectivity index (χ2n) is 5.33. The maximum absolute atomic E-state index is 6.01. The van der Waals surface area contributed by atoms with E-state index >= 15 is 0 Å². The smallest absolute Gasteiger partial charge is 0.225 e. The van der Waals surface area contributed by atoms with Gasteiger partial charge in [-0.3, -0.25) is 0 Å². The van der Waals surface area contributed by atoms with Crippen LogP contribution in [0.1, 0.15) is 11.3 Å². The lowest BCUT2D eigenvalue weighted by Crippen LogP contribution is -2.06. The number of nitrogens with one attached hydrogen (secondary N) is 2. The SMILES string of the molecule is Cc1cc(Nc2cccc(Cl)c2)nc(NCc2ccc(Cl)cc2)n1. The number of benzene rings is 2. The van der Waals surface area contributed by atoms with Gasteiger partial charge < -0.3 is 10.6 Å². The number of aromatic nitrogens is 2. The van der Waals surface area contributed by atoms with Crippen molar-refractivity contribution in [3.63, 3.8) is 0 Å². The fourth-order valence-electron chi connectivity index (χ4n) is 2.21. The van der Waals surface area contributed by atoms with E-state index in [4.69, 9.17) is 23.2 Å². The van der Waals surface area contributed by atoms with Crippen LogP contribution in [0.25, 0.3) is 0 Å². The van der Waals surface area contributed by atoms with E-state index in [0.29, 0.717) is 23.3 Å². The zero-order valence-electron chi connectivity index (χ0n) is 13.1. The Morgan fingerprint density at radius 2 is 1.71 bits per heavy atom. The van der Waals surface area contributed by atoms with Gasteiger partial charge in [0.1, 0.15) is 5.82 Å². The van der Waals surface area contributed by atoms with Crippen LogP contribution in [-0.4, -0.2) is 9.97 Å². The van der Waals surface area contributed by atoms with Crippen LogP contribution in [0.5, 0.6) is 0 Å². The molecule has 0 spiro atoms. The summed E-state index contributed by atoms with van der Waals surface area (Å²) in [4.78, 5) is 8.90. The Labute approximate surface area is 150 Å². The summed E-state index contributed by atoms with van der Waals surface area (Å²) >= 11 is 11.9. The number of aryl methyl sites for hydroxylation is 1. The predicted octanol–water partition coefficient (Wildman–Crippen LogP) is 5.45. The average Bonchev–Trinajstić information content (AvgIpc) is 2.54. The molecule has 2 aromatic carbocycles. The van der Waals surface area contributed by atoms with Crippen LogP contribution in [0.3, 0.4) is 0 Å². The topological polar surface area (TPSA) is 49.8 Å². The highest BCUT2D eigenvalue weighted by Crippen LogP contribution is 2.20. The molecule has 24 heavy (non-hydrogen) atoms.